The summed E-state index contributed by atoms with van der Waals surface area (Å²) in [6, 6.07) is 11.9. The summed E-state index contributed by atoms with van der Waals surface area (Å²) in [7, 11) is 0. The van der Waals surface area contributed by atoms with Crippen molar-refractivity contribution < 1.29 is 13.9 Å². The van der Waals surface area contributed by atoms with E-state index in [1.807, 2.05) is 41.0 Å². The number of benzene rings is 1. The average molecular weight is 419 g/mol. The highest BCUT2D eigenvalue weighted by Crippen LogP contribution is 2.28. The highest BCUT2D eigenvalue weighted by Gasteiger charge is 2.16. The van der Waals surface area contributed by atoms with Crippen molar-refractivity contribution in [3.8, 4) is 11.3 Å². The van der Waals surface area contributed by atoms with Gasteiger partial charge in [-0.15, -0.1) is 5.10 Å². The fourth-order valence-corrected chi connectivity index (χ4v) is 4.03. The number of nitrogens with zero attached hydrogens (tertiary/aromatic N) is 3. The van der Waals surface area contributed by atoms with Gasteiger partial charge in [-0.3, -0.25) is 0 Å². The molecule has 1 aliphatic rings. The molecular weight excluding hydrogens is 394 g/mol. The third kappa shape index (κ3) is 3.98. The highest BCUT2D eigenvalue weighted by molar-refractivity contribution is 5.93. The number of fused-ring (bicyclic) bond motifs is 2. The molecule has 1 saturated heterocycles. The molecule has 0 aliphatic carbocycles. The standard InChI is InChI=1S/C23H25N5O3/c1-2-30-23(29)20-13-16-12-15(5-6-19(16)31-20)18-14-25-22-8-7-21(27-28(18)22)26-17-4-3-10-24-11-9-17/h5-8,12-14,17,24H,2-4,9-11H2,1H3,(H,26,27). The van der Waals surface area contributed by atoms with Gasteiger partial charge in [0.15, 0.2) is 5.65 Å². The molecule has 4 heterocycles. The molecule has 160 valence electrons. The van der Waals surface area contributed by atoms with Crippen LogP contribution in [-0.4, -0.2) is 46.3 Å². The second kappa shape index (κ2) is 8.39. The molecule has 8 nitrogen and oxygen atoms in total. The van der Waals surface area contributed by atoms with Crippen LogP contribution >= 0.6 is 0 Å². The number of imidazole rings is 1. The summed E-state index contributed by atoms with van der Waals surface area (Å²) in [4.78, 5) is 16.5. The Kier molecular flexibility index (Phi) is 5.30. The molecule has 5 rings (SSSR count). The highest BCUT2D eigenvalue weighted by atomic mass is 16.5. The Morgan fingerprint density at radius 3 is 3.10 bits per heavy atom. The first-order valence-electron chi connectivity index (χ1n) is 10.7. The lowest BCUT2D eigenvalue weighted by molar-refractivity contribution is 0.0492. The van der Waals surface area contributed by atoms with Crippen molar-refractivity contribution in [3.05, 3.63) is 48.4 Å². The van der Waals surface area contributed by atoms with E-state index in [1.165, 1.54) is 0 Å². The van der Waals surface area contributed by atoms with Crippen LogP contribution in [0.25, 0.3) is 27.9 Å². The van der Waals surface area contributed by atoms with Gasteiger partial charge in [0.2, 0.25) is 5.76 Å². The van der Waals surface area contributed by atoms with Gasteiger partial charge in [-0.2, -0.15) is 0 Å². The molecule has 1 aliphatic heterocycles. The number of ether oxygens (including phenoxy) is 1. The molecule has 1 fully saturated rings. The Balaban J connectivity index is 1.46. The van der Waals surface area contributed by atoms with E-state index < -0.39 is 5.97 Å². The van der Waals surface area contributed by atoms with Gasteiger partial charge in [-0.25, -0.2) is 14.3 Å². The van der Waals surface area contributed by atoms with E-state index in [-0.39, 0.29) is 5.76 Å². The molecule has 0 spiro atoms. The second-order valence-corrected chi connectivity index (χ2v) is 7.74. The quantitative estimate of drug-likeness (QED) is 0.474. The number of aromatic nitrogens is 3. The van der Waals surface area contributed by atoms with Gasteiger partial charge in [0.1, 0.15) is 11.4 Å². The van der Waals surface area contributed by atoms with Crippen molar-refractivity contribution >= 4 is 28.4 Å². The summed E-state index contributed by atoms with van der Waals surface area (Å²) in [5.41, 5.74) is 3.24. The summed E-state index contributed by atoms with van der Waals surface area (Å²) in [6.45, 7) is 4.17. The molecule has 8 heteroatoms. The van der Waals surface area contributed by atoms with Crippen molar-refractivity contribution in [2.75, 3.05) is 25.0 Å². The van der Waals surface area contributed by atoms with E-state index in [9.17, 15) is 4.79 Å². The van der Waals surface area contributed by atoms with Gasteiger partial charge in [0.25, 0.3) is 0 Å². The van der Waals surface area contributed by atoms with E-state index in [0.29, 0.717) is 18.2 Å². The van der Waals surface area contributed by atoms with E-state index in [2.05, 4.69) is 15.6 Å². The third-order valence-electron chi connectivity index (χ3n) is 5.58. The van der Waals surface area contributed by atoms with Crippen LogP contribution in [0, 0.1) is 0 Å². The number of carbonyl (C=O) groups excluding carboxylic acids is 1. The molecule has 3 aromatic heterocycles. The number of anilines is 1. The molecule has 0 saturated carbocycles. The first-order chi connectivity index (χ1) is 15.2. The Morgan fingerprint density at radius 1 is 1.26 bits per heavy atom. The normalized spacial score (nSPS) is 17.0. The average Bonchev–Trinajstić information content (AvgIpc) is 3.30. The number of nitrogens with one attached hydrogen (secondary N) is 2. The van der Waals surface area contributed by atoms with Crippen LogP contribution in [0.5, 0.6) is 0 Å². The maximum absolute atomic E-state index is 12.0. The van der Waals surface area contributed by atoms with E-state index in [0.717, 1.165) is 60.5 Å². The topological polar surface area (TPSA) is 93.7 Å². The summed E-state index contributed by atoms with van der Waals surface area (Å²) in [5.74, 6) is 0.587. The summed E-state index contributed by atoms with van der Waals surface area (Å²) >= 11 is 0. The molecule has 0 amide bonds. The lowest BCUT2D eigenvalue weighted by Gasteiger charge is -2.16. The van der Waals surface area contributed by atoms with Gasteiger partial charge < -0.3 is 19.8 Å². The van der Waals surface area contributed by atoms with E-state index >= 15 is 0 Å². The second-order valence-electron chi connectivity index (χ2n) is 7.74. The smallest absolute Gasteiger partial charge is 0.374 e. The Hall–Kier alpha value is -3.39. The van der Waals surface area contributed by atoms with Crippen molar-refractivity contribution in [1.82, 2.24) is 19.9 Å². The molecule has 1 aromatic carbocycles. The minimum absolute atomic E-state index is 0.203. The van der Waals surface area contributed by atoms with Crippen LogP contribution in [0.15, 0.2) is 47.0 Å². The third-order valence-corrected chi connectivity index (χ3v) is 5.58. The van der Waals surface area contributed by atoms with Crippen molar-refractivity contribution in [1.29, 1.82) is 0 Å². The number of rotatable bonds is 5. The van der Waals surface area contributed by atoms with Gasteiger partial charge in [-0.05, 0) is 75.7 Å². The molecule has 4 aromatic rings. The number of esters is 1. The van der Waals surface area contributed by atoms with Crippen LogP contribution < -0.4 is 10.6 Å². The van der Waals surface area contributed by atoms with Gasteiger partial charge in [-0.1, -0.05) is 0 Å². The monoisotopic (exact) mass is 419 g/mol. The molecule has 0 bridgehead atoms. The van der Waals surface area contributed by atoms with Crippen LogP contribution in [-0.2, 0) is 4.74 Å². The zero-order valence-corrected chi connectivity index (χ0v) is 17.4. The molecule has 1 atom stereocenters. The van der Waals surface area contributed by atoms with Crippen molar-refractivity contribution in [2.45, 2.75) is 32.2 Å². The first-order valence-corrected chi connectivity index (χ1v) is 10.7. The zero-order chi connectivity index (χ0) is 21.2. The maximum atomic E-state index is 12.0. The molecule has 1 unspecified atom stereocenters. The Labute approximate surface area is 179 Å². The van der Waals surface area contributed by atoms with Crippen LogP contribution in [0.2, 0.25) is 0 Å². The maximum Gasteiger partial charge on any atom is 0.374 e. The molecule has 31 heavy (non-hydrogen) atoms. The van der Waals surface area contributed by atoms with Crippen LogP contribution in [0.3, 0.4) is 0 Å². The number of furan rings is 1. The molecular formula is C23H25N5O3. The fourth-order valence-electron chi connectivity index (χ4n) is 4.03. The van der Waals surface area contributed by atoms with Crippen LogP contribution in [0.1, 0.15) is 36.7 Å². The van der Waals surface area contributed by atoms with Crippen LogP contribution in [0.4, 0.5) is 5.82 Å². The lowest BCUT2D eigenvalue weighted by atomic mass is 10.1. The van der Waals surface area contributed by atoms with Crippen molar-refractivity contribution in [3.63, 3.8) is 0 Å². The number of hydrogen-bond donors (Lipinski definition) is 2. The SMILES string of the molecule is CCOC(=O)c1cc2cc(-c3cnc4ccc(NC5CCCNCC5)nn34)ccc2o1. The van der Waals surface area contributed by atoms with Gasteiger partial charge in [0, 0.05) is 17.0 Å². The zero-order valence-electron chi connectivity index (χ0n) is 17.4. The lowest BCUT2D eigenvalue weighted by Crippen LogP contribution is -2.22. The predicted octanol–water partition coefficient (Wildman–Crippen LogP) is 3.87. The minimum atomic E-state index is -0.457. The predicted molar refractivity (Wildman–Crippen MR) is 118 cm³/mol. The first kappa shape index (κ1) is 19.6. The fraction of sp³-hybridized carbons (Fsp3) is 0.348. The van der Waals surface area contributed by atoms with E-state index in [4.69, 9.17) is 14.3 Å². The number of carbonyl (C=O) groups is 1. The van der Waals surface area contributed by atoms with E-state index in [1.54, 1.807) is 13.0 Å². The largest absolute Gasteiger partial charge is 0.460 e. The molecule has 2 N–H and O–H groups in total. The van der Waals surface area contributed by atoms with Gasteiger partial charge >= 0.3 is 5.97 Å². The summed E-state index contributed by atoms with van der Waals surface area (Å²) in [5, 5.41) is 12.6. The van der Waals surface area contributed by atoms with Crippen molar-refractivity contribution in [2.24, 2.45) is 0 Å². The number of hydrogen-bond acceptors (Lipinski definition) is 7. The molecule has 0 radical (unpaired) electrons. The Morgan fingerprint density at radius 2 is 2.19 bits per heavy atom. The Bertz CT molecular complexity index is 1220. The summed E-state index contributed by atoms with van der Waals surface area (Å²) < 4.78 is 12.5. The van der Waals surface area contributed by atoms with Gasteiger partial charge in [0.05, 0.1) is 18.5 Å². The summed E-state index contributed by atoms with van der Waals surface area (Å²) in [6.07, 6.45) is 5.18. The minimum Gasteiger partial charge on any atom is -0.460 e.